The van der Waals surface area contributed by atoms with E-state index in [0.29, 0.717) is 6.42 Å². The number of nitrogens with one attached hydrogen (secondary N) is 1. The van der Waals surface area contributed by atoms with Gasteiger partial charge in [-0.3, -0.25) is 4.79 Å². The summed E-state index contributed by atoms with van der Waals surface area (Å²) in [5.74, 6) is -0.0183. The Labute approximate surface area is 120 Å². The van der Waals surface area contributed by atoms with Gasteiger partial charge >= 0.3 is 0 Å². The molecule has 1 N–H and O–H groups in total. The Morgan fingerprint density at radius 3 is 2.84 bits per heavy atom. The van der Waals surface area contributed by atoms with E-state index in [-0.39, 0.29) is 23.3 Å². The maximum absolute atomic E-state index is 12.1. The van der Waals surface area contributed by atoms with Crippen LogP contribution in [0.5, 0.6) is 0 Å². The summed E-state index contributed by atoms with van der Waals surface area (Å²) >= 11 is 4.40. The molecule has 1 aromatic carbocycles. The van der Waals surface area contributed by atoms with Crippen LogP contribution in [0.4, 0.5) is 0 Å². The third kappa shape index (κ3) is 4.25. The molecular weight excluding hydrogens is 258 g/mol. The van der Waals surface area contributed by atoms with Crippen LogP contribution < -0.4 is 5.32 Å². The molecule has 1 aliphatic rings. The van der Waals surface area contributed by atoms with Crippen molar-refractivity contribution in [3.63, 3.8) is 0 Å². The number of thiol groups is 1. The molecule has 19 heavy (non-hydrogen) atoms. The van der Waals surface area contributed by atoms with Gasteiger partial charge in [0.05, 0.1) is 17.4 Å². The van der Waals surface area contributed by atoms with E-state index >= 15 is 0 Å². The number of carbonyl (C=O) groups is 1. The van der Waals surface area contributed by atoms with Gasteiger partial charge in [0, 0.05) is 6.61 Å². The first-order valence-electron chi connectivity index (χ1n) is 6.81. The zero-order valence-corrected chi connectivity index (χ0v) is 12.1. The Morgan fingerprint density at radius 1 is 1.47 bits per heavy atom. The monoisotopic (exact) mass is 279 g/mol. The lowest BCUT2D eigenvalue weighted by Gasteiger charge is -2.21. The van der Waals surface area contributed by atoms with Gasteiger partial charge in [0.25, 0.3) is 0 Å². The molecule has 3 atom stereocenters. The average molecular weight is 279 g/mol. The first-order valence-corrected chi connectivity index (χ1v) is 7.32. The van der Waals surface area contributed by atoms with E-state index < -0.39 is 0 Å². The van der Waals surface area contributed by atoms with Gasteiger partial charge in [-0.15, -0.1) is 0 Å². The molecule has 1 fully saturated rings. The van der Waals surface area contributed by atoms with E-state index in [1.165, 1.54) is 0 Å². The molecular formula is C15H21NO2S. The minimum absolute atomic E-state index is 0.0183. The Morgan fingerprint density at radius 2 is 2.21 bits per heavy atom. The van der Waals surface area contributed by atoms with E-state index in [1.807, 2.05) is 37.3 Å². The number of hydrogen-bond acceptors (Lipinski definition) is 3. The predicted molar refractivity (Wildman–Crippen MR) is 79.5 cm³/mol. The molecule has 0 radical (unpaired) electrons. The van der Waals surface area contributed by atoms with Crippen molar-refractivity contribution in [1.82, 2.24) is 5.32 Å². The van der Waals surface area contributed by atoms with E-state index in [2.05, 4.69) is 17.9 Å². The van der Waals surface area contributed by atoms with Gasteiger partial charge in [-0.25, -0.2) is 0 Å². The number of rotatable bonds is 5. The van der Waals surface area contributed by atoms with Crippen LogP contribution in [-0.2, 0) is 16.0 Å². The van der Waals surface area contributed by atoms with Gasteiger partial charge < -0.3 is 10.1 Å². The largest absolute Gasteiger partial charge is 0.376 e. The highest BCUT2D eigenvalue weighted by Gasteiger charge is 2.25. The molecule has 1 aromatic rings. The highest BCUT2D eigenvalue weighted by atomic mass is 32.1. The van der Waals surface area contributed by atoms with Crippen LogP contribution >= 0.6 is 12.6 Å². The van der Waals surface area contributed by atoms with Crippen LogP contribution in [0.1, 0.15) is 25.3 Å². The average Bonchev–Trinajstić information content (AvgIpc) is 2.93. The summed E-state index contributed by atoms with van der Waals surface area (Å²) in [6, 6.07) is 10.0. The fourth-order valence-corrected chi connectivity index (χ4v) is 2.63. The van der Waals surface area contributed by atoms with Crippen molar-refractivity contribution in [1.29, 1.82) is 0 Å². The summed E-state index contributed by atoms with van der Waals surface area (Å²) < 4.78 is 5.57. The molecule has 2 rings (SSSR count). The summed E-state index contributed by atoms with van der Waals surface area (Å²) in [6.45, 7) is 2.80. The normalized spacial score (nSPS) is 21.9. The van der Waals surface area contributed by atoms with Crippen LogP contribution in [0.3, 0.4) is 0 Å². The number of benzene rings is 1. The van der Waals surface area contributed by atoms with E-state index in [0.717, 1.165) is 25.0 Å². The summed E-state index contributed by atoms with van der Waals surface area (Å²) in [5.41, 5.74) is 1.13. The van der Waals surface area contributed by atoms with E-state index in [4.69, 9.17) is 4.74 Å². The summed E-state index contributed by atoms with van der Waals surface area (Å²) in [4.78, 5) is 12.1. The minimum atomic E-state index is -0.314. The molecule has 0 aliphatic carbocycles. The van der Waals surface area contributed by atoms with Gasteiger partial charge in [0.15, 0.2) is 0 Å². The third-order valence-corrected chi connectivity index (χ3v) is 3.88. The molecule has 1 amide bonds. The van der Waals surface area contributed by atoms with Gasteiger partial charge in [0.1, 0.15) is 0 Å². The first kappa shape index (κ1) is 14.4. The number of carbonyl (C=O) groups excluding carboxylic acids is 1. The van der Waals surface area contributed by atoms with Crippen LogP contribution in [0, 0.1) is 0 Å². The lowest BCUT2D eigenvalue weighted by Crippen LogP contribution is -2.44. The number of amides is 1. The lowest BCUT2D eigenvalue weighted by atomic mass is 10.1. The zero-order chi connectivity index (χ0) is 13.7. The Bertz CT molecular complexity index is 404. The highest BCUT2D eigenvalue weighted by molar-refractivity contribution is 7.81. The van der Waals surface area contributed by atoms with Crippen molar-refractivity contribution in [3.8, 4) is 0 Å². The Kier molecular flexibility index (Phi) is 5.28. The van der Waals surface area contributed by atoms with Crippen molar-refractivity contribution in [2.45, 2.75) is 43.6 Å². The maximum atomic E-state index is 12.1. The standard InChI is InChI=1S/C15H21NO2S/c1-11(13-8-5-9-18-13)16-15(17)14(19)10-12-6-3-2-4-7-12/h2-4,6-7,11,13-14,19H,5,8-10H2,1H3,(H,16,17). The van der Waals surface area contributed by atoms with Gasteiger partial charge in [-0.2, -0.15) is 12.6 Å². The first-order chi connectivity index (χ1) is 9.16. The molecule has 0 saturated carbocycles. The van der Waals surface area contributed by atoms with Crippen LogP contribution in [0.15, 0.2) is 30.3 Å². The summed E-state index contributed by atoms with van der Waals surface area (Å²) in [5, 5.41) is 2.69. The molecule has 0 aromatic heterocycles. The van der Waals surface area contributed by atoms with Crippen molar-refractivity contribution < 1.29 is 9.53 Å². The predicted octanol–water partition coefficient (Wildman–Crippen LogP) is 2.21. The second-order valence-corrected chi connectivity index (χ2v) is 5.68. The molecule has 1 saturated heterocycles. The Balaban J connectivity index is 1.82. The third-order valence-electron chi connectivity index (χ3n) is 3.47. The number of hydrogen-bond donors (Lipinski definition) is 2. The smallest absolute Gasteiger partial charge is 0.233 e. The highest BCUT2D eigenvalue weighted by Crippen LogP contribution is 2.16. The van der Waals surface area contributed by atoms with Crippen molar-refractivity contribution in [2.75, 3.05) is 6.61 Å². The molecule has 0 bridgehead atoms. The topological polar surface area (TPSA) is 38.3 Å². The van der Waals surface area contributed by atoms with E-state index in [1.54, 1.807) is 0 Å². The molecule has 3 nitrogen and oxygen atoms in total. The molecule has 3 unspecified atom stereocenters. The van der Waals surface area contributed by atoms with E-state index in [9.17, 15) is 4.79 Å². The fourth-order valence-electron chi connectivity index (χ4n) is 2.34. The molecule has 104 valence electrons. The van der Waals surface area contributed by atoms with Crippen LogP contribution in [0.25, 0.3) is 0 Å². The SMILES string of the molecule is CC(NC(=O)C(S)Cc1ccccc1)C1CCCO1. The second kappa shape index (κ2) is 6.96. The number of ether oxygens (including phenoxy) is 1. The van der Waals surface area contributed by atoms with Crippen LogP contribution in [-0.4, -0.2) is 29.9 Å². The molecule has 1 aliphatic heterocycles. The Hall–Kier alpha value is -1.00. The molecule has 1 heterocycles. The zero-order valence-electron chi connectivity index (χ0n) is 11.2. The maximum Gasteiger partial charge on any atom is 0.233 e. The fraction of sp³-hybridized carbons (Fsp3) is 0.533. The quantitative estimate of drug-likeness (QED) is 0.811. The van der Waals surface area contributed by atoms with Gasteiger partial charge in [0.2, 0.25) is 5.91 Å². The molecule has 0 spiro atoms. The second-order valence-electron chi connectivity index (χ2n) is 5.05. The summed E-state index contributed by atoms with van der Waals surface area (Å²) in [6.07, 6.45) is 2.91. The van der Waals surface area contributed by atoms with Crippen molar-refractivity contribution in [3.05, 3.63) is 35.9 Å². The minimum Gasteiger partial charge on any atom is -0.376 e. The van der Waals surface area contributed by atoms with Gasteiger partial charge in [-0.1, -0.05) is 30.3 Å². The summed E-state index contributed by atoms with van der Waals surface area (Å²) in [7, 11) is 0. The molecule has 4 heteroatoms. The van der Waals surface area contributed by atoms with Crippen LogP contribution in [0.2, 0.25) is 0 Å². The van der Waals surface area contributed by atoms with Gasteiger partial charge in [-0.05, 0) is 31.7 Å². The van der Waals surface area contributed by atoms with Crippen molar-refractivity contribution in [2.24, 2.45) is 0 Å². The lowest BCUT2D eigenvalue weighted by molar-refractivity contribution is -0.122. The van der Waals surface area contributed by atoms with Crippen molar-refractivity contribution >= 4 is 18.5 Å².